The number of aryl methyl sites for hydroxylation is 1. The van der Waals surface area contributed by atoms with E-state index < -0.39 is 10.0 Å². The van der Waals surface area contributed by atoms with Crippen molar-refractivity contribution in [3.8, 4) is 5.75 Å². The fourth-order valence-corrected chi connectivity index (χ4v) is 5.35. The summed E-state index contributed by atoms with van der Waals surface area (Å²) >= 11 is 0. The van der Waals surface area contributed by atoms with Crippen molar-refractivity contribution >= 4 is 21.6 Å². The summed E-state index contributed by atoms with van der Waals surface area (Å²) in [5.41, 5.74) is 1.56. The fourth-order valence-electron chi connectivity index (χ4n) is 3.88. The van der Waals surface area contributed by atoms with Gasteiger partial charge >= 0.3 is 0 Å². The molecule has 3 rings (SSSR count). The standard InChI is InChI=1S/C24H32N2O4S/c1-3-26(31(28,29)23-16-10-19(2)11-17-23)21-12-14-22(15-13-21)30-18-24(27)25-20-8-6-4-5-7-9-20/h10-17,20H,3-9,18H2,1-2H3,(H,25,27). The van der Waals surface area contributed by atoms with E-state index in [-0.39, 0.29) is 23.5 Å². The number of hydrogen-bond acceptors (Lipinski definition) is 4. The zero-order valence-corrected chi connectivity index (χ0v) is 19.2. The Balaban J connectivity index is 1.60. The predicted molar refractivity (Wildman–Crippen MR) is 123 cm³/mol. The van der Waals surface area contributed by atoms with Crippen molar-refractivity contribution in [1.82, 2.24) is 5.32 Å². The molecule has 0 saturated heterocycles. The van der Waals surface area contributed by atoms with Gasteiger partial charge in [-0.3, -0.25) is 9.10 Å². The van der Waals surface area contributed by atoms with Crippen LogP contribution in [0.2, 0.25) is 0 Å². The zero-order valence-electron chi connectivity index (χ0n) is 18.3. The summed E-state index contributed by atoms with van der Waals surface area (Å²) in [7, 11) is -3.65. The topological polar surface area (TPSA) is 75.7 Å². The Kier molecular flexibility index (Phi) is 7.96. The minimum Gasteiger partial charge on any atom is -0.484 e. The van der Waals surface area contributed by atoms with Crippen LogP contribution in [0.5, 0.6) is 5.75 Å². The lowest BCUT2D eigenvalue weighted by atomic mass is 10.1. The normalized spacial score (nSPS) is 15.2. The quantitative estimate of drug-likeness (QED) is 0.611. The smallest absolute Gasteiger partial charge is 0.264 e. The average Bonchev–Trinajstić information content (AvgIpc) is 3.02. The molecule has 1 aliphatic rings. The maximum atomic E-state index is 13.0. The molecule has 1 amide bonds. The van der Waals surface area contributed by atoms with E-state index in [9.17, 15) is 13.2 Å². The Morgan fingerprint density at radius 2 is 1.61 bits per heavy atom. The molecule has 0 bridgehead atoms. The van der Waals surface area contributed by atoms with Crippen LogP contribution in [0.1, 0.15) is 51.0 Å². The second-order valence-corrected chi connectivity index (χ2v) is 9.88. The maximum absolute atomic E-state index is 13.0. The third-order valence-corrected chi connectivity index (χ3v) is 7.53. The van der Waals surface area contributed by atoms with Crippen LogP contribution in [0.3, 0.4) is 0 Å². The van der Waals surface area contributed by atoms with Crippen LogP contribution in [0.4, 0.5) is 5.69 Å². The fraction of sp³-hybridized carbons (Fsp3) is 0.458. The van der Waals surface area contributed by atoms with Crippen LogP contribution < -0.4 is 14.4 Å². The predicted octanol–water partition coefficient (Wildman–Crippen LogP) is 4.43. The molecule has 0 aliphatic heterocycles. The molecule has 2 aromatic carbocycles. The summed E-state index contributed by atoms with van der Waals surface area (Å²) in [6.45, 7) is 3.98. The van der Waals surface area contributed by atoms with Crippen molar-refractivity contribution in [3.63, 3.8) is 0 Å². The molecule has 0 atom stereocenters. The summed E-state index contributed by atoms with van der Waals surface area (Å²) in [6, 6.07) is 13.9. The van der Waals surface area contributed by atoms with E-state index in [4.69, 9.17) is 4.74 Å². The van der Waals surface area contributed by atoms with Gasteiger partial charge in [0.05, 0.1) is 10.6 Å². The van der Waals surface area contributed by atoms with Crippen molar-refractivity contribution < 1.29 is 17.9 Å². The van der Waals surface area contributed by atoms with Crippen molar-refractivity contribution in [2.45, 2.75) is 63.3 Å². The highest BCUT2D eigenvalue weighted by Crippen LogP contribution is 2.26. The average molecular weight is 445 g/mol. The van der Waals surface area contributed by atoms with Gasteiger partial charge in [-0.25, -0.2) is 8.42 Å². The molecule has 1 saturated carbocycles. The van der Waals surface area contributed by atoms with E-state index in [1.165, 1.54) is 17.1 Å². The molecular formula is C24H32N2O4S. The first-order valence-electron chi connectivity index (χ1n) is 11.0. The number of hydrogen-bond donors (Lipinski definition) is 1. The van der Waals surface area contributed by atoms with Gasteiger partial charge in [-0.15, -0.1) is 0 Å². The van der Waals surface area contributed by atoms with E-state index in [2.05, 4.69) is 5.32 Å². The molecule has 0 heterocycles. The van der Waals surface area contributed by atoms with Gasteiger partial charge < -0.3 is 10.1 Å². The van der Waals surface area contributed by atoms with Crippen LogP contribution in [0.15, 0.2) is 53.4 Å². The largest absolute Gasteiger partial charge is 0.484 e. The molecule has 1 aliphatic carbocycles. The number of benzene rings is 2. The highest BCUT2D eigenvalue weighted by Gasteiger charge is 2.23. The number of amides is 1. The molecular weight excluding hydrogens is 412 g/mol. The number of ether oxygens (including phenoxy) is 1. The number of rotatable bonds is 8. The van der Waals surface area contributed by atoms with Crippen LogP contribution in [0, 0.1) is 6.92 Å². The maximum Gasteiger partial charge on any atom is 0.264 e. The monoisotopic (exact) mass is 444 g/mol. The van der Waals surface area contributed by atoms with Gasteiger partial charge in [0.15, 0.2) is 6.61 Å². The van der Waals surface area contributed by atoms with Gasteiger partial charge in [0.25, 0.3) is 15.9 Å². The lowest BCUT2D eigenvalue weighted by Gasteiger charge is -2.23. The number of carbonyl (C=O) groups excluding carboxylic acids is 1. The molecule has 0 radical (unpaired) electrons. The van der Waals surface area contributed by atoms with Gasteiger partial charge in [-0.05, 0) is 63.1 Å². The molecule has 6 nitrogen and oxygen atoms in total. The summed E-state index contributed by atoms with van der Waals surface area (Å²) in [6.07, 6.45) is 6.86. The van der Waals surface area contributed by atoms with E-state index in [1.54, 1.807) is 55.5 Å². The first-order valence-corrected chi connectivity index (χ1v) is 12.5. The van der Waals surface area contributed by atoms with E-state index in [0.29, 0.717) is 18.0 Å². The van der Waals surface area contributed by atoms with Gasteiger partial charge in [0.1, 0.15) is 5.75 Å². The van der Waals surface area contributed by atoms with Crippen LogP contribution in [-0.4, -0.2) is 33.5 Å². The van der Waals surface area contributed by atoms with Crippen molar-refractivity contribution in [1.29, 1.82) is 0 Å². The number of anilines is 1. The molecule has 7 heteroatoms. The van der Waals surface area contributed by atoms with Gasteiger partial charge in [-0.2, -0.15) is 0 Å². The lowest BCUT2D eigenvalue weighted by Crippen LogP contribution is -2.37. The lowest BCUT2D eigenvalue weighted by molar-refractivity contribution is -0.123. The van der Waals surface area contributed by atoms with Crippen LogP contribution in [0.25, 0.3) is 0 Å². The van der Waals surface area contributed by atoms with Crippen LogP contribution >= 0.6 is 0 Å². The Labute approximate surface area is 185 Å². The van der Waals surface area contributed by atoms with Crippen LogP contribution in [-0.2, 0) is 14.8 Å². The number of sulfonamides is 1. The molecule has 1 N–H and O–H groups in total. The third-order valence-electron chi connectivity index (χ3n) is 5.61. The SMILES string of the molecule is CCN(c1ccc(OCC(=O)NC2CCCCCC2)cc1)S(=O)(=O)c1ccc(C)cc1. The Hall–Kier alpha value is -2.54. The molecule has 0 aromatic heterocycles. The van der Waals surface area contributed by atoms with E-state index in [0.717, 1.165) is 31.2 Å². The molecule has 0 unspecified atom stereocenters. The second-order valence-electron chi connectivity index (χ2n) is 8.02. The van der Waals surface area contributed by atoms with Gasteiger partial charge in [0.2, 0.25) is 0 Å². The first kappa shape index (κ1) is 23.1. The van der Waals surface area contributed by atoms with Gasteiger partial charge in [0, 0.05) is 12.6 Å². The minimum absolute atomic E-state index is 0.0466. The van der Waals surface area contributed by atoms with Crippen molar-refractivity contribution in [3.05, 3.63) is 54.1 Å². The number of nitrogens with zero attached hydrogens (tertiary/aromatic N) is 1. The Bertz CT molecular complexity index is 948. The van der Waals surface area contributed by atoms with E-state index in [1.807, 2.05) is 6.92 Å². The molecule has 0 spiro atoms. The Morgan fingerprint density at radius 3 is 2.19 bits per heavy atom. The summed E-state index contributed by atoms with van der Waals surface area (Å²) < 4.78 is 33.0. The van der Waals surface area contributed by atoms with E-state index >= 15 is 0 Å². The number of nitrogens with one attached hydrogen (secondary N) is 1. The first-order chi connectivity index (χ1) is 14.9. The van der Waals surface area contributed by atoms with Crippen molar-refractivity contribution in [2.24, 2.45) is 0 Å². The molecule has 31 heavy (non-hydrogen) atoms. The van der Waals surface area contributed by atoms with Gasteiger partial charge in [-0.1, -0.05) is 43.4 Å². The third kappa shape index (κ3) is 6.23. The molecule has 168 valence electrons. The highest BCUT2D eigenvalue weighted by atomic mass is 32.2. The summed E-state index contributed by atoms with van der Waals surface area (Å²) in [5.74, 6) is 0.414. The number of carbonyl (C=O) groups is 1. The highest BCUT2D eigenvalue weighted by molar-refractivity contribution is 7.92. The Morgan fingerprint density at radius 1 is 1.00 bits per heavy atom. The molecule has 1 fully saturated rings. The zero-order chi connectivity index (χ0) is 22.3. The molecule has 2 aromatic rings. The summed E-state index contributed by atoms with van der Waals surface area (Å²) in [5, 5.41) is 3.06. The summed E-state index contributed by atoms with van der Waals surface area (Å²) in [4.78, 5) is 12.5. The second kappa shape index (κ2) is 10.7. The minimum atomic E-state index is -3.65. The van der Waals surface area contributed by atoms with Crippen molar-refractivity contribution in [2.75, 3.05) is 17.5 Å².